The van der Waals surface area contributed by atoms with Crippen molar-refractivity contribution in [1.29, 1.82) is 0 Å². The normalized spacial score (nSPS) is 10.6. The van der Waals surface area contributed by atoms with E-state index in [9.17, 15) is 4.79 Å². The summed E-state index contributed by atoms with van der Waals surface area (Å²) in [4.78, 5) is 16.8. The summed E-state index contributed by atoms with van der Waals surface area (Å²) in [7, 11) is 3.39. The maximum atomic E-state index is 12.3. The van der Waals surface area contributed by atoms with E-state index in [2.05, 4.69) is 15.4 Å². The number of carbonyl (C=O) groups excluding carboxylic acids is 1. The highest BCUT2D eigenvalue weighted by Gasteiger charge is 2.14. The van der Waals surface area contributed by atoms with Gasteiger partial charge in [0.2, 0.25) is 0 Å². The lowest BCUT2D eigenvalue weighted by atomic mass is 10.1. The third-order valence-corrected chi connectivity index (χ3v) is 4.71. The highest BCUT2D eigenvalue weighted by Crippen LogP contribution is 2.26. The quantitative estimate of drug-likeness (QED) is 0.774. The van der Waals surface area contributed by atoms with Crippen molar-refractivity contribution >= 4 is 22.2 Å². The number of rotatable bonds is 5. The molecule has 0 fully saturated rings. The first kappa shape index (κ1) is 16.2. The van der Waals surface area contributed by atoms with Gasteiger partial charge in [0.05, 0.1) is 17.8 Å². The van der Waals surface area contributed by atoms with Crippen LogP contribution in [0.3, 0.4) is 0 Å². The molecule has 124 valence electrons. The number of thiazole rings is 1. The summed E-state index contributed by atoms with van der Waals surface area (Å²) in [6.07, 6.45) is 2.32. The van der Waals surface area contributed by atoms with Gasteiger partial charge in [0, 0.05) is 19.7 Å². The molecular weight excluding hydrogens is 324 g/mol. The Bertz CT molecular complexity index is 852. The van der Waals surface area contributed by atoms with Crippen LogP contribution in [0.2, 0.25) is 0 Å². The van der Waals surface area contributed by atoms with Crippen LogP contribution in [0.25, 0.3) is 0 Å². The van der Waals surface area contributed by atoms with Crippen LogP contribution in [-0.4, -0.2) is 27.8 Å². The third kappa shape index (κ3) is 3.46. The van der Waals surface area contributed by atoms with Crippen molar-refractivity contribution in [3.8, 4) is 5.75 Å². The number of benzene rings is 1. The molecule has 0 atom stereocenters. The predicted octanol–water partition coefficient (Wildman–Crippen LogP) is 3.04. The minimum absolute atomic E-state index is 0.183. The van der Waals surface area contributed by atoms with Crippen molar-refractivity contribution in [3.05, 3.63) is 58.5 Å². The second-order valence-corrected chi connectivity index (χ2v) is 6.42. The second kappa shape index (κ2) is 6.84. The predicted molar refractivity (Wildman–Crippen MR) is 93.8 cm³/mol. The number of aromatic nitrogens is 3. The van der Waals surface area contributed by atoms with Gasteiger partial charge < -0.3 is 10.1 Å². The molecule has 0 saturated heterocycles. The second-order valence-electron chi connectivity index (χ2n) is 5.34. The van der Waals surface area contributed by atoms with Crippen LogP contribution in [0, 0.1) is 6.92 Å². The van der Waals surface area contributed by atoms with Crippen molar-refractivity contribution in [2.45, 2.75) is 13.3 Å². The highest BCUT2D eigenvalue weighted by molar-refractivity contribution is 7.16. The fraction of sp³-hybridized carbons (Fsp3) is 0.235. The van der Waals surface area contributed by atoms with Crippen LogP contribution in [0.5, 0.6) is 5.75 Å². The van der Waals surface area contributed by atoms with E-state index in [-0.39, 0.29) is 5.91 Å². The number of ether oxygens (including phenoxy) is 1. The first-order valence-corrected chi connectivity index (χ1v) is 8.27. The number of aryl methyl sites for hydroxylation is 2. The Kier molecular flexibility index (Phi) is 4.61. The van der Waals surface area contributed by atoms with Gasteiger partial charge in [0.1, 0.15) is 16.4 Å². The molecule has 3 rings (SSSR count). The van der Waals surface area contributed by atoms with Gasteiger partial charge in [0.25, 0.3) is 5.91 Å². The number of nitrogens with one attached hydrogen (secondary N) is 1. The molecule has 2 heterocycles. The molecule has 0 bridgehead atoms. The average Bonchev–Trinajstić information content (AvgIpc) is 3.14. The van der Waals surface area contributed by atoms with Crippen LogP contribution < -0.4 is 10.1 Å². The molecule has 0 radical (unpaired) electrons. The molecule has 6 nitrogen and oxygen atoms in total. The monoisotopic (exact) mass is 342 g/mol. The summed E-state index contributed by atoms with van der Waals surface area (Å²) in [5.41, 5.74) is 2.48. The smallest absolute Gasteiger partial charge is 0.274 e. The Labute approximate surface area is 144 Å². The van der Waals surface area contributed by atoms with Gasteiger partial charge in [-0.05, 0) is 30.7 Å². The summed E-state index contributed by atoms with van der Waals surface area (Å²) < 4.78 is 6.71. The maximum Gasteiger partial charge on any atom is 0.274 e. The molecule has 1 amide bonds. The van der Waals surface area contributed by atoms with Gasteiger partial charge >= 0.3 is 0 Å². The zero-order chi connectivity index (χ0) is 17.1. The van der Waals surface area contributed by atoms with E-state index in [0.29, 0.717) is 5.69 Å². The molecule has 0 saturated carbocycles. The van der Waals surface area contributed by atoms with E-state index in [4.69, 9.17) is 4.74 Å². The van der Waals surface area contributed by atoms with E-state index in [1.54, 1.807) is 31.1 Å². The molecule has 0 unspecified atom stereocenters. The molecule has 0 aliphatic heterocycles. The zero-order valence-electron chi connectivity index (χ0n) is 13.7. The zero-order valence-corrected chi connectivity index (χ0v) is 14.6. The minimum atomic E-state index is -0.183. The van der Waals surface area contributed by atoms with Crippen LogP contribution in [0.4, 0.5) is 5.00 Å². The maximum absolute atomic E-state index is 12.3. The van der Waals surface area contributed by atoms with Crippen LogP contribution in [0.1, 0.15) is 26.8 Å². The van der Waals surface area contributed by atoms with Gasteiger partial charge in [-0.1, -0.05) is 12.1 Å². The molecule has 0 spiro atoms. The number of hydrogen-bond donors (Lipinski definition) is 1. The summed E-state index contributed by atoms with van der Waals surface area (Å²) in [5.74, 6) is 0.649. The van der Waals surface area contributed by atoms with Crippen molar-refractivity contribution < 1.29 is 9.53 Å². The van der Waals surface area contributed by atoms with Crippen LogP contribution in [-0.2, 0) is 13.5 Å². The molecule has 3 aromatic rings. The van der Waals surface area contributed by atoms with Gasteiger partial charge in [-0.2, -0.15) is 5.10 Å². The number of methoxy groups -OCH3 is 1. The Morgan fingerprint density at radius 2 is 2.04 bits per heavy atom. The van der Waals surface area contributed by atoms with E-state index >= 15 is 0 Å². The van der Waals surface area contributed by atoms with Gasteiger partial charge in [-0.3, -0.25) is 9.48 Å². The Hall–Kier alpha value is -2.67. The summed E-state index contributed by atoms with van der Waals surface area (Å²) in [5, 5.41) is 8.65. The van der Waals surface area contributed by atoms with Crippen molar-refractivity contribution in [2.24, 2.45) is 7.05 Å². The fourth-order valence-electron chi connectivity index (χ4n) is 2.33. The van der Waals surface area contributed by atoms with E-state index in [0.717, 1.165) is 33.4 Å². The Balaban J connectivity index is 1.72. The molecule has 0 aliphatic carbocycles. The third-order valence-electron chi connectivity index (χ3n) is 3.64. The molecule has 2 aromatic heterocycles. The number of carbonyl (C=O) groups is 1. The molecular formula is C17H18N4O2S. The SMILES string of the molecule is COc1ccc(Cc2nc(C)c(NC(=O)c3ccnn3C)s2)cc1. The molecule has 0 aliphatic rings. The summed E-state index contributed by atoms with van der Waals surface area (Å²) >= 11 is 1.49. The lowest BCUT2D eigenvalue weighted by Gasteiger charge is -2.03. The largest absolute Gasteiger partial charge is 0.497 e. The first-order chi connectivity index (χ1) is 11.6. The lowest BCUT2D eigenvalue weighted by Crippen LogP contribution is -2.15. The topological polar surface area (TPSA) is 69.0 Å². The van der Waals surface area contributed by atoms with Crippen LogP contribution >= 0.6 is 11.3 Å². The van der Waals surface area contributed by atoms with Gasteiger partial charge in [-0.15, -0.1) is 11.3 Å². The summed E-state index contributed by atoms with van der Waals surface area (Å²) in [6, 6.07) is 9.58. The Morgan fingerprint density at radius 3 is 2.67 bits per heavy atom. The molecule has 1 N–H and O–H groups in total. The average molecular weight is 342 g/mol. The van der Waals surface area contributed by atoms with E-state index < -0.39 is 0 Å². The molecule has 1 aromatic carbocycles. The van der Waals surface area contributed by atoms with E-state index in [1.807, 2.05) is 31.2 Å². The van der Waals surface area contributed by atoms with E-state index in [1.165, 1.54) is 11.3 Å². The molecule has 24 heavy (non-hydrogen) atoms. The van der Waals surface area contributed by atoms with Crippen molar-refractivity contribution in [1.82, 2.24) is 14.8 Å². The Morgan fingerprint density at radius 1 is 1.29 bits per heavy atom. The van der Waals surface area contributed by atoms with Crippen molar-refractivity contribution in [2.75, 3.05) is 12.4 Å². The van der Waals surface area contributed by atoms with Gasteiger partial charge in [0.15, 0.2) is 0 Å². The minimum Gasteiger partial charge on any atom is -0.497 e. The number of amides is 1. The number of nitrogens with zero attached hydrogens (tertiary/aromatic N) is 3. The lowest BCUT2D eigenvalue weighted by molar-refractivity contribution is 0.101. The van der Waals surface area contributed by atoms with Crippen LogP contribution in [0.15, 0.2) is 36.5 Å². The highest BCUT2D eigenvalue weighted by atomic mass is 32.1. The molecule has 7 heteroatoms. The standard InChI is InChI=1S/C17H18N4O2S/c1-11-17(20-16(22)14-8-9-18-21(14)2)24-15(19-11)10-12-4-6-13(23-3)7-5-12/h4-9H,10H2,1-3H3,(H,20,22). The van der Waals surface area contributed by atoms with Gasteiger partial charge in [-0.25, -0.2) is 4.98 Å². The van der Waals surface area contributed by atoms with Crippen molar-refractivity contribution in [3.63, 3.8) is 0 Å². The number of hydrogen-bond acceptors (Lipinski definition) is 5. The number of anilines is 1. The summed E-state index contributed by atoms with van der Waals surface area (Å²) in [6.45, 7) is 1.90. The first-order valence-electron chi connectivity index (χ1n) is 7.45. The fourth-order valence-corrected chi connectivity index (χ4v) is 3.32.